The number of nitrogens with zero attached hydrogens (tertiary/aromatic N) is 2. The number of hydrogen-bond acceptors (Lipinski definition) is 4. The molecule has 0 aromatic carbocycles. The van der Waals surface area contributed by atoms with Crippen LogP contribution in [0, 0.1) is 0 Å². The van der Waals surface area contributed by atoms with E-state index in [9.17, 15) is 4.79 Å². The standard InChI is InChI=1S/C13H17Cl2N3O2/c1-9(19)13(18-4-6-20-7-5-18)17-16-12-3-2-10(14)8-11(12)15/h2,8,12,16H,3-7H2,1H3. The van der Waals surface area contributed by atoms with Gasteiger partial charge in [-0.05, 0) is 12.5 Å². The van der Waals surface area contributed by atoms with E-state index in [1.807, 2.05) is 11.0 Å². The molecule has 0 aromatic heterocycles. The maximum atomic E-state index is 11.7. The van der Waals surface area contributed by atoms with Crippen molar-refractivity contribution in [3.8, 4) is 0 Å². The lowest BCUT2D eigenvalue weighted by Gasteiger charge is -2.29. The van der Waals surface area contributed by atoms with Crippen LogP contribution in [-0.4, -0.2) is 48.9 Å². The summed E-state index contributed by atoms with van der Waals surface area (Å²) in [5.74, 6) is 0.335. The molecule has 0 amide bonds. The maximum Gasteiger partial charge on any atom is 0.196 e. The molecule has 1 unspecified atom stereocenters. The Kier molecular flexibility index (Phi) is 5.46. The van der Waals surface area contributed by atoms with E-state index < -0.39 is 0 Å². The molecule has 0 aromatic rings. The molecule has 1 aliphatic heterocycles. The molecule has 1 atom stereocenters. The zero-order chi connectivity index (χ0) is 14.5. The van der Waals surface area contributed by atoms with Gasteiger partial charge in [0.1, 0.15) is 0 Å². The summed E-state index contributed by atoms with van der Waals surface area (Å²) in [5.41, 5.74) is 2.95. The smallest absolute Gasteiger partial charge is 0.196 e. The van der Waals surface area contributed by atoms with Crippen LogP contribution in [0.2, 0.25) is 0 Å². The Labute approximate surface area is 128 Å². The summed E-state index contributed by atoms with van der Waals surface area (Å²) in [5, 5.41) is 5.45. The van der Waals surface area contributed by atoms with Crippen LogP contribution in [0.5, 0.6) is 0 Å². The predicted molar refractivity (Wildman–Crippen MR) is 79.9 cm³/mol. The highest BCUT2D eigenvalue weighted by molar-refractivity contribution is 6.38. The minimum atomic E-state index is -0.144. The number of hydrogen-bond donors (Lipinski definition) is 1. The van der Waals surface area contributed by atoms with Gasteiger partial charge in [0.2, 0.25) is 0 Å². The SMILES string of the molecule is CC(=O)C(=NNC1CC=C(Cl)C=C1Cl)N1CCOCC1. The third-order valence-corrected chi connectivity index (χ3v) is 3.74. The summed E-state index contributed by atoms with van der Waals surface area (Å²) in [6, 6.07) is -0.144. The zero-order valence-electron chi connectivity index (χ0n) is 11.2. The fourth-order valence-electron chi connectivity index (χ4n) is 2.03. The first-order valence-electron chi connectivity index (χ1n) is 6.47. The van der Waals surface area contributed by atoms with E-state index in [4.69, 9.17) is 27.9 Å². The Morgan fingerprint density at radius 3 is 2.75 bits per heavy atom. The second-order valence-corrected chi connectivity index (χ2v) is 5.50. The number of hydrazone groups is 1. The van der Waals surface area contributed by atoms with Crippen molar-refractivity contribution in [1.29, 1.82) is 0 Å². The predicted octanol–water partition coefficient (Wildman–Crippen LogP) is 1.83. The lowest BCUT2D eigenvalue weighted by Crippen LogP contribution is -2.45. The Hall–Kier alpha value is -1.04. The first-order valence-corrected chi connectivity index (χ1v) is 7.23. The normalized spacial score (nSPS) is 24.1. The number of nitrogens with one attached hydrogen (secondary N) is 1. The molecular weight excluding hydrogens is 301 g/mol. The monoisotopic (exact) mass is 317 g/mol. The number of amidine groups is 1. The highest BCUT2D eigenvalue weighted by Crippen LogP contribution is 2.23. The summed E-state index contributed by atoms with van der Waals surface area (Å²) >= 11 is 12.0. The van der Waals surface area contributed by atoms with Crippen molar-refractivity contribution < 1.29 is 9.53 Å². The van der Waals surface area contributed by atoms with Gasteiger partial charge in [-0.3, -0.25) is 10.2 Å². The molecule has 0 bridgehead atoms. The molecule has 0 radical (unpaired) electrons. The fraction of sp³-hybridized carbons (Fsp3) is 0.538. The molecule has 5 nitrogen and oxygen atoms in total. The van der Waals surface area contributed by atoms with Crippen molar-refractivity contribution in [2.75, 3.05) is 26.3 Å². The van der Waals surface area contributed by atoms with E-state index in [0.717, 1.165) is 0 Å². The van der Waals surface area contributed by atoms with Gasteiger partial charge < -0.3 is 9.64 Å². The molecule has 7 heteroatoms. The van der Waals surface area contributed by atoms with Gasteiger partial charge in [0.15, 0.2) is 11.6 Å². The van der Waals surface area contributed by atoms with Crippen molar-refractivity contribution in [3.05, 3.63) is 22.2 Å². The van der Waals surface area contributed by atoms with Crippen molar-refractivity contribution in [2.24, 2.45) is 5.10 Å². The second kappa shape index (κ2) is 7.11. The summed E-state index contributed by atoms with van der Waals surface area (Å²) in [6.07, 6.45) is 4.19. The molecule has 1 N–H and O–H groups in total. The quantitative estimate of drug-likeness (QED) is 0.490. The first kappa shape index (κ1) is 15.4. The summed E-state index contributed by atoms with van der Waals surface area (Å²) in [7, 11) is 0. The van der Waals surface area contributed by atoms with E-state index in [-0.39, 0.29) is 11.8 Å². The zero-order valence-corrected chi connectivity index (χ0v) is 12.7. The Morgan fingerprint density at radius 1 is 1.45 bits per heavy atom. The largest absolute Gasteiger partial charge is 0.378 e. The van der Waals surface area contributed by atoms with Gasteiger partial charge in [0.05, 0.1) is 19.3 Å². The molecule has 1 aliphatic carbocycles. The van der Waals surface area contributed by atoms with Gasteiger partial charge in [-0.25, -0.2) is 0 Å². The van der Waals surface area contributed by atoms with E-state index >= 15 is 0 Å². The first-order chi connectivity index (χ1) is 9.58. The van der Waals surface area contributed by atoms with Crippen LogP contribution >= 0.6 is 23.2 Å². The molecule has 1 fully saturated rings. The van der Waals surface area contributed by atoms with Crippen LogP contribution < -0.4 is 5.43 Å². The lowest BCUT2D eigenvalue weighted by molar-refractivity contribution is -0.112. The van der Waals surface area contributed by atoms with Gasteiger partial charge in [-0.1, -0.05) is 29.3 Å². The average molecular weight is 318 g/mol. The maximum absolute atomic E-state index is 11.7. The number of carbonyl (C=O) groups is 1. The molecule has 20 heavy (non-hydrogen) atoms. The van der Waals surface area contributed by atoms with E-state index in [2.05, 4.69) is 10.5 Å². The molecule has 2 aliphatic rings. The Bertz CT molecular complexity index is 468. The van der Waals surface area contributed by atoms with Crippen molar-refractivity contribution in [3.63, 3.8) is 0 Å². The Morgan fingerprint density at radius 2 is 2.15 bits per heavy atom. The third-order valence-electron chi connectivity index (χ3n) is 3.11. The lowest BCUT2D eigenvalue weighted by atomic mass is 10.1. The van der Waals surface area contributed by atoms with Crippen molar-refractivity contribution in [2.45, 2.75) is 19.4 Å². The molecular formula is C13H17Cl2N3O2. The number of allylic oxidation sites excluding steroid dienone is 2. The molecule has 1 saturated heterocycles. The third kappa shape index (κ3) is 3.98. The molecule has 0 spiro atoms. The van der Waals surface area contributed by atoms with Crippen molar-refractivity contribution >= 4 is 34.8 Å². The fourth-order valence-corrected chi connectivity index (χ4v) is 2.55. The number of Topliss-reactive ketones (excluding diaryl/α,β-unsaturated/α-hetero) is 1. The molecule has 110 valence electrons. The van der Waals surface area contributed by atoms with Gasteiger partial charge in [0.25, 0.3) is 0 Å². The number of ketones is 1. The minimum absolute atomic E-state index is 0.0797. The van der Waals surface area contributed by atoms with Crippen LogP contribution in [0.15, 0.2) is 27.3 Å². The van der Waals surface area contributed by atoms with Crippen molar-refractivity contribution in [1.82, 2.24) is 10.3 Å². The van der Waals surface area contributed by atoms with Gasteiger partial charge in [0, 0.05) is 30.1 Å². The second-order valence-electron chi connectivity index (χ2n) is 4.63. The number of halogens is 2. The van der Waals surface area contributed by atoms with Crippen LogP contribution in [0.4, 0.5) is 0 Å². The topological polar surface area (TPSA) is 53.9 Å². The molecule has 0 saturated carbocycles. The van der Waals surface area contributed by atoms with E-state index in [1.54, 1.807) is 6.08 Å². The Balaban J connectivity index is 2.03. The van der Waals surface area contributed by atoms with Crippen LogP contribution in [0.1, 0.15) is 13.3 Å². The molecule has 1 heterocycles. The van der Waals surface area contributed by atoms with Gasteiger partial charge in [-0.2, -0.15) is 5.10 Å². The van der Waals surface area contributed by atoms with Gasteiger partial charge in [-0.15, -0.1) is 0 Å². The average Bonchev–Trinajstić information content (AvgIpc) is 2.42. The summed E-state index contributed by atoms with van der Waals surface area (Å²) in [4.78, 5) is 13.6. The molecule has 2 rings (SSSR count). The van der Waals surface area contributed by atoms with Crippen LogP contribution in [0.25, 0.3) is 0 Å². The summed E-state index contributed by atoms with van der Waals surface area (Å²) < 4.78 is 5.27. The van der Waals surface area contributed by atoms with Crippen LogP contribution in [0.3, 0.4) is 0 Å². The summed E-state index contributed by atoms with van der Waals surface area (Å²) in [6.45, 7) is 4.05. The van der Waals surface area contributed by atoms with Crippen LogP contribution in [-0.2, 0) is 9.53 Å². The number of ether oxygens (including phenoxy) is 1. The van der Waals surface area contributed by atoms with E-state index in [0.29, 0.717) is 48.6 Å². The minimum Gasteiger partial charge on any atom is -0.378 e. The van der Waals surface area contributed by atoms with Gasteiger partial charge >= 0.3 is 0 Å². The van der Waals surface area contributed by atoms with E-state index in [1.165, 1.54) is 6.92 Å². The highest BCUT2D eigenvalue weighted by Gasteiger charge is 2.20. The number of rotatable bonds is 3. The number of carbonyl (C=O) groups excluding carboxylic acids is 1. The number of morpholine rings is 1. The highest BCUT2D eigenvalue weighted by atomic mass is 35.5.